The van der Waals surface area contributed by atoms with E-state index in [2.05, 4.69) is 10.0 Å². The number of amides is 1. The Kier molecular flexibility index (Phi) is 5.13. The quantitative estimate of drug-likeness (QED) is 0.622. The minimum Gasteiger partial charge on any atom is -0.504 e. The lowest BCUT2D eigenvalue weighted by Gasteiger charge is -2.09. The zero-order chi connectivity index (χ0) is 14.5. The van der Waals surface area contributed by atoms with Crippen molar-refractivity contribution in [3.63, 3.8) is 0 Å². The van der Waals surface area contributed by atoms with Gasteiger partial charge in [0.1, 0.15) is 0 Å². The Balaban J connectivity index is 2.59. The molecule has 0 spiro atoms. The first-order chi connectivity index (χ1) is 8.85. The number of para-hydroxylation sites is 1. The third-order valence-corrected chi connectivity index (χ3v) is 2.97. The Morgan fingerprint density at radius 2 is 2.05 bits per heavy atom. The molecular formula is C11H16N2O5S. The minimum absolute atomic E-state index is 0.0682. The van der Waals surface area contributed by atoms with Gasteiger partial charge in [-0.15, -0.1) is 0 Å². The summed E-state index contributed by atoms with van der Waals surface area (Å²) in [6.07, 6.45) is 1.03. The van der Waals surface area contributed by atoms with Crippen molar-refractivity contribution in [2.45, 2.75) is 0 Å². The molecule has 8 heteroatoms. The highest BCUT2D eigenvalue weighted by atomic mass is 32.2. The lowest BCUT2D eigenvalue weighted by Crippen LogP contribution is -2.34. The van der Waals surface area contributed by atoms with Crippen LogP contribution in [0.15, 0.2) is 18.2 Å². The van der Waals surface area contributed by atoms with Crippen molar-refractivity contribution in [1.82, 2.24) is 10.0 Å². The first-order valence-corrected chi connectivity index (χ1v) is 7.33. The number of carbonyl (C=O) groups is 1. The average Bonchev–Trinajstić information content (AvgIpc) is 2.33. The van der Waals surface area contributed by atoms with Crippen molar-refractivity contribution >= 4 is 15.9 Å². The number of hydrogen-bond acceptors (Lipinski definition) is 5. The molecule has 0 atom stereocenters. The monoisotopic (exact) mass is 288 g/mol. The summed E-state index contributed by atoms with van der Waals surface area (Å²) in [4.78, 5) is 11.8. The molecule has 3 N–H and O–H groups in total. The number of nitrogens with one attached hydrogen (secondary N) is 2. The third-order valence-electron chi connectivity index (χ3n) is 2.24. The van der Waals surface area contributed by atoms with Crippen LogP contribution in [-0.4, -0.2) is 45.9 Å². The normalized spacial score (nSPS) is 11.1. The topological polar surface area (TPSA) is 105 Å². The smallest absolute Gasteiger partial charge is 0.255 e. The van der Waals surface area contributed by atoms with Crippen LogP contribution in [0, 0.1) is 0 Å². The van der Waals surface area contributed by atoms with Crippen LogP contribution < -0.4 is 14.8 Å². The van der Waals surface area contributed by atoms with E-state index < -0.39 is 15.9 Å². The van der Waals surface area contributed by atoms with Crippen molar-refractivity contribution in [3.05, 3.63) is 23.8 Å². The molecule has 0 aliphatic heterocycles. The molecule has 0 saturated carbocycles. The molecule has 0 radical (unpaired) electrons. The van der Waals surface area contributed by atoms with Crippen LogP contribution in [0.2, 0.25) is 0 Å². The molecule has 0 aliphatic carbocycles. The van der Waals surface area contributed by atoms with E-state index in [9.17, 15) is 18.3 Å². The second-order valence-electron chi connectivity index (χ2n) is 3.78. The van der Waals surface area contributed by atoms with Gasteiger partial charge >= 0.3 is 0 Å². The molecule has 0 bridgehead atoms. The molecule has 1 aromatic rings. The second-order valence-corrected chi connectivity index (χ2v) is 5.61. The lowest BCUT2D eigenvalue weighted by atomic mass is 10.1. The highest BCUT2D eigenvalue weighted by Crippen LogP contribution is 2.28. The SMILES string of the molecule is COc1cccc(C(=O)NCCNS(C)(=O)=O)c1O. The van der Waals surface area contributed by atoms with Gasteiger partial charge in [0.2, 0.25) is 10.0 Å². The Morgan fingerprint density at radius 3 is 2.63 bits per heavy atom. The molecule has 1 amide bonds. The average molecular weight is 288 g/mol. The summed E-state index contributed by atoms with van der Waals surface area (Å²) >= 11 is 0. The molecule has 0 heterocycles. The Bertz CT molecular complexity index is 556. The summed E-state index contributed by atoms with van der Waals surface area (Å²) in [5.41, 5.74) is 0.0682. The number of aromatic hydroxyl groups is 1. The highest BCUT2D eigenvalue weighted by Gasteiger charge is 2.14. The summed E-state index contributed by atoms with van der Waals surface area (Å²) in [6, 6.07) is 4.54. The number of methoxy groups -OCH3 is 1. The van der Waals surface area contributed by atoms with Crippen LogP contribution in [-0.2, 0) is 10.0 Å². The van der Waals surface area contributed by atoms with Crippen LogP contribution in [0.1, 0.15) is 10.4 Å². The van der Waals surface area contributed by atoms with Crippen LogP contribution in [0.5, 0.6) is 11.5 Å². The number of rotatable bonds is 6. The van der Waals surface area contributed by atoms with E-state index in [1.54, 1.807) is 6.07 Å². The maximum Gasteiger partial charge on any atom is 0.255 e. The summed E-state index contributed by atoms with van der Waals surface area (Å²) in [6.45, 7) is 0.192. The fraction of sp³-hybridized carbons (Fsp3) is 0.364. The van der Waals surface area contributed by atoms with E-state index >= 15 is 0 Å². The standard InChI is InChI=1S/C11H16N2O5S/c1-18-9-5-3-4-8(10(9)14)11(15)12-6-7-13-19(2,16)17/h3-5,13-14H,6-7H2,1-2H3,(H,12,15). The number of benzene rings is 1. The predicted molar refractivity (Wildman–Crippen MR) is 69.8 cm³/mol. The van der Waals surface area contributed by atoms with Crippen LogP contribution in [0.4, 0.5) is 0 Å². The highest BCUT2D eigenvalue weighted by molar-refractivity contribution is 7.88. The van der Waals surface area contributed by atoms with Crippen molar-refractivity contribution in [3.8, 4) is 11.5 Å². The van der Waals surface area contributed by atoms with Crippen molar-refractivity contribution in [2.24, 2.45) is 0 Å². The maximum atomic E-state index is 11.8. The largest absolute Gasteiger partial charge is 0.504 e. The summed E-state index contributed by atoms with van der Waals surface area (Å²) in [5, 5.41) is 12.2. The molecule has 1 rings (SSSR count). The van der Waals surface area contributed by atoms with Gasteiger partial charge in [0.15, 0.2) is 11.5 Å². The first-order valence-electron chi connectivity index (χ1n) is 5.44. The van der Waals surface area contributed by atoms with E-state index in [1.807, 2.05) is 0 Å². The first kappa shape index (κ1) is 15.3. The van der Waals surface area contributed by atoms with Gasteiger partial charge in [0.25, 0.3) is 5.91 Å². The Labute approximate surface area is 111 Å². The van der Waals surface area contributed by atoms with Gasteiger partial charge < -0.3 is 15.2 Å². The summed E-state index contributed by atoms with van der Waals surface area (Å²) < 4.78 is 28.7. The fourth-order valence-electron chi connectivity index (χ4n) is 1.38. The van der Waals surface area contributed by atoms with Crippen molar-refractivity contribution in [1.29, 1.82) is 0 Å². The van der Waals surface area contributed by atoms with Crippen LogP contribution in [0.25, 0.3) is 0 Å². The molecule has 0 aliphatic rings. The van der Waals surface area contributed by atoms with E-state index in [-0.39, 0.29) is 30.2 Å². The number of hydrogen-bond donors (Lipinski definition) is 3. The van der Waals surface area contributed by atoms with Gasteiger partial charge in [-0.3, -0.25) is 4.79 Å². The van der Waals surface area contributed by atoms with Crippen LogP contribution >= 0.6 is 0 Å². The molecule has 106 valence electrons. The number of sulfonamides is 1. The summed E-state index contributed by atoms with van der Waals surface area (Å²) in [5.74, 6) is -0.563. The van der Waals surface area contributed by atoms with E-state index in [0.717, 1.165) is 6.26 Å². The molecule has 7 nitrogen and oxygen atoms in total. The molecule has 0 fully saturated rings. The number of carbonyl (C=O) groups excluding carboxylic acids is 1. The van der Waals surface area contributed by atoms with Crippen LogP contribution in [0.3, 0.4) is 0 Å². The van der Waals surface area contributed by atoms with Crippen molar-refractivity contribution in [2.75, 3.05) is 26.5 Å². The number of phenols is 1. The zero-order valence-corrected chi connectivity index (χ0v) is 11.5. The van der Waals surface area contributed by atoms with Gasteiger partial charge in [-0.25, -0.2) is 13.1 Å². The van der Waals surface area contributed by atoms with E-state index in [4.69, 9.17) is 4.74 Å². The number of phenolic OH excluding ortho intramolecular Hbond substituents is 1. The molecular weight excluding hydrogens is 272 g/mol. The lowest BCUT2D eigenvalue weighted by molar-refractivity contribution is 0.0951. The molecule has 19 heavy (non-hydrogen) atoms. The van der Waals surface area contributed by atoms with Gasteiger partial charge in [0, 0.05) is 13.1 Å². The van der Waals surface area contributed by atoms with Gasteiger partial charge in [-0.1, -0.05) is 6.07 Å². The molecule has 0 unspecified atom stereocenters. The molecule has 0 aromatic heterocycles. The number of ether oxygens (including phenoxy) is 1. The van der Waals surface area contributed by atoms with Gasteiger partial charge in [-0.2, -0.15) is 0 Å². The zero-order valence-electron chi connectivity index (χ0n) is 10.6. The van der Waals surface area contributed by atoms with E-state index in [1.165, 1.54) is 19.2 Å². The minimum atomic E-state index is -3.28. The Morgan fingerprint density at radius 1 is 1.37 bits per heavy atom. The Hall–Kier alpha value is -1.80. The third kappa shape index (κ3) is 4.76. The van der Waals surface area contributed by atoms with E-state index in [0.29, 0.717) is 0 Å². The molecule has 0 saturated heterocycles. The second kappa shape index (κ2) is 6.39. The van der Waals surface area contributed by atoms with Crippen molar-refractivity contribution < 1.29 is 23.1 Å². The van der Waals surface area contributed by atoms with Gasteiger partial charge in [0.05, 0.1) is 18.9 Å². The fourth-order valence-corrected chi connectivity index (χ4v) is 1.85. The predicted octanol–water partition coefficient (Wildman–Crippen LogP) is -0.320. The summed E-state index contributed by atoms with van der Waals surface area (Å²) in [7, 11) is -1.89. The van der Waals surface area contributed by atoms with Gasteiger partial charge in [-0.05, 0) is 12.1 Å². The maximum absolute atomic E-state index is 11.8. The molecule has 1 aromatic carbocycles.